The lowest BCUT2D eigenvalue weighted by molar-refractivity contribution is -0.152. The molecule has 2 amide bonds. The molecule has 1 N–H and O–H groups in total. The first kappa shape index (κ1) is 12.9. The van der Waals surface area contributed by atoms with Crippen molar-refractivity contribution in [1.29, 1.82) is 0 Å². The Morgan fingerprint density at radius 3 is 2.39 bits per heavy atom. The van der Waals surface area contributed by atoms with Crippen LogP contribution in [0.15, 0.2) is 24.3 Å². The van der Waals surface area contributed by atoms with Crippen LogP contribution in [0.4, 0.5) is 5.69 Å². The van der Waals surface area contributed by atoms with Crippen LogP contribution in [0.5, 0.6) is 0 Å². The Labute approximate surface area is 110 Å². The number of hydrogen-bond donors (Lipinski definition) is 1. The maximum atomic E-state index is 12.0. The van der Waals surface area contributed by atoms with Crippen molar-refractivity contribution in [3.63, 3.8) is 0 Å². The van der Waals surface area contributed by atoms with Crippen LogP contribution in [0.1, 0.15) is 6.42 Å². The van der Waals surface area contributed by atoms with Gasteiger partial charge in [-0.3, -0.25) is 9.59 Å². The molecule has 0 unspecified atom stereocenters. The summed E-state index contributed by atoms with van der Waals surface area (Å²) < 4.78 is 0. The third-order valence-electron chi connectivity index (χ3n) is 2.71. The van der Waals surface area contributed by atoms with Crippen LogP contribution in [0.2, 0.25) is 5.02 Å². The molecule has 1 aliphatic rings. The quantitative estimate of drug-likeness (QED) is 0.840. The Hall–Kier alpha value is -1.59. The van der Waals surface area contributed by atoms with E-state index in [0.717, 1.165) is 10.7 Å². The van der Waals surface area contributed by atoms with Crippen molar-refractivity contribution in [2.24, 2.45) is 0 Å². The fourth-order valence-corrected chi connectivity index (χ4v) is 2.03. The summed E-state index contributed by atoms with van der Waals surface area (Å²) in [5.74, 6) is -0.434. The molecular formula is C12H14ClN3O2. The number of nitrogens with zero attached hydrogens (tertiary/aromatic N) is 2. The molecule has 1 atom stereocenters. The van der Waals surface area contributed by atoms with Gasteiger partial charge in [-0.2, -0.15) is 0 Å². The standard InChI is InChI=1S/C12H14ClN3O2/c1-15(2)16-11(17)7-10(12(16)18)14-9-5-3-8(13)4-6-9/h3-6,10,14H,7H2,1-2H3/t10-/m0/s1. The van der Waals surface area contributed by atoms with Gasteiger partial charge in [-0.25, -0.2) is 10.0 Å². The number of nitrogens with one attached hydrogen (secondary N) is 1. The van der Waals surface area contributed by atoms with Gasteiger partial charge in [0.2, 0.25) is 5.91 Å². The van der Waals surface area contributed by atoms with Crippen LogP contribution in [-0.2, 0) is 9.59 Å². The molecule has 1 saturated heterocycles. The monoisotopic (exact) mass is 267 g/mol. The number of imide groups is 1. The van der Waals surface area contributed by atoms with Crippen molar-refractivity contribution in [3.8, 4) is 0 Å². The van der Waals surface area contributed by atoms with Gasteiger partial charge in [-0.15, -0.1) is 0 Å². The number of amides is 2. The first-order valence-corrected chi connectivity index (χ1v) is 5.93. The molecule has 0 bridgehead atoms. The van der Waals surface area contributed by atoms with Gasteiger partial charge in [0.15, 0.2) is 0 Å². The van der Waals surface area contributed by atoms with Gasteiger partial charge in [0.25, 0.3) is 5.91 Å². The number of anilines is 1. The molecule has 1 aliphatic heterocycles. The van der Waals surface area contributed by atoms with Crippen molar-refractivity contribution >= 4 is 29.1 Å². The van der Waals surface area contributed by atoms with E-state index >= 15 is 0 Å². The third kappa shape index (κ3) is 2.47. The molecule has 0 radical (unpaired) electrons. The van der Waals surface area contributed by atoms with E-state index in [-0.39, 0.29) is 18.2 Å². The molecule has 5 nitrogen and oxygen atoms in total. The van der Waals surface area contributed by atoms with Crippen LogP contribution in [0, 0.1) is 0 Å². The second kappa shape index (κ2) is 4.96. The summed E-state index contributed by atoms with van der Waals surface area (Å²) >= 11 is 5.78. The molecule has 0 aromatic heterocycles. The van der Waals surface area contributed by atoms with Gasteiger partial charge in [-0.1, -0.05) is 11.6 Å². The molecule has 1 fully saturated rings. The molecule has 1 aromatic rings. The summed E-state index contributed by atoms with van der Waals surface area (Å²) in [6.45, 7) is 0. The fourth-order valence-electron chi connectivity index (χ4n) is 1.90. The summed E-state index contributed by atoms with van der Waals surface area (Å²) in [6, 6.07) is 6.50. The number of hydrogen-bond acceptors (Lipinski definition) is 4. The highest BCUT2D eigenvalue weighted by molar-refractivity contribution is 6.30. The van der Waals surface area contributed by atoms with Crippen LogP contribution in [-0.4, -0.2) is 42.0 Å². The van der Waals surface area contributed by atoms with Gasteiger partial charge in [0.1, 0.15) is 6.04 Å². The molecule has 18 heavy (non-hydrogen) atoms. The zero-order valence-corrected chi connectivity index (χ0v) is 10.9. The van der Waals surface area contributed by atoms with E-state index in [4.69, 9.17) is 11.6 Å². The van der Waals surface area contributed by atoms with Crippen LogP contribution in [0.3, 0.4) is 0 Å². The van der Waals surface area contributed by atoms with E-state index in [0.29, 0.717) is 5.02 Å². The lowest BCUT2D eigenvalue weighted by atomic mass is 10.2. The second-order valence-electron chi connectivity index (χ2n) is 4.30. The molecule has 1 aromatic carbocycles. The number of benzene rings is 1. The van der Waals surface area contributed by atoms with Crippen LogP contribution < -0.4 is 5.32 Å². The van der Waals surface area contributed by atoms with E-state index in [1.807, 2.05) is 0 Å². The summed E-state index contributed by atoms with van der Waals surface area (Å²) in [4.78, 5) is 23.7. The smallest absolute Gasteiger partial charge is 0.266 e. The van der Waals surface area contributed by atoms with E-state index in [1.54, 1.807) is 38.4 Å². The number of carbonyl (C=O) groups excluding carboxylic acids is 2. The van der Waals surface area contributed by atoms with Crippen molar-refractivity contribution in [2.45, 2.75) is 12.5 Å². The maximum Gasteiger partial charge on any atom is 0.266 e. The lowest BCUT2D eigenvalue weighted by Crippen LogP contribution is -2.43. The largest absolute Gasteiger partial charge is 0.373 e. The highest BCUT2D eigenvalue weighted by Crippen LogP contribution is 2.20. The molecule has 6 heteroatoms. The minimum Gasteiger partial charge on any atom is -0.373 e. The summed E-state index contributed by atoms with van der Waals surface area (Å²) in [7, 11) is 3.33. The average Bonchev–Trinajstić information content (AvgIpc) is 2.57. The highest BCUT2D eigenvalue weighted by Gasteiger charge is 2.39. The Kier molecular flexibility index (Phi) is 3.54. The van der Waals surface area contributed by atoms with Crippen molar-refractivity contribution in [1.82, 2.24) is 10.0 Å². The van der Waals surface area contributed by atoms with E-state index < -0.39 is 6.04 Å². The number of rotatable bonds is 3. The Morgan fingerprint density at radius 1 is 1.28 bits per heavy atom. The Bertz CT molecular complexity index is 473. The minimum atomic E-state index is -0.513. The van der Waals surface area contributed by atoms with Gasteiger partial charge >= 0.3 is 0 Å². The fraction of sp³-hybridized carbons (Fsp3) is 0.333. The Balaban J connectivity index is 2.10. The summed E-state index contributed by atoms with van der Waals surface area (Å²) in [6.07, 6.45) is 0.166. The third-order valence-corrected chi connectivity index (χ3v) is 2.96. The predicted molar refractivity (Wildman–Crippen MR) is 69.0 cm³/mol. The van der Waals surface area contributed by atoms with E-state index in [2.05, 4.69) is 5.32 Å². The molecule has 0 saturated carbocycles. The summed E-state index contributed by atoms with van der Waals surface area (Å²) in [5.41, 5.74) is 0.770. The zero-order chi connectivity index (χ0) is 13.3. The van der Waals surface area contributed by atoms with Crippen LogP contribution in [0.25, 0.3) is 0 Å². The molecule has 0 aliphatic carbocycles. The van der Waals surface area contributed by atoms with Crippen molar-refractivity contribution in [3.05, 3.63) is 29.3 Å². The molecule has 0 spiro atoms. The first-order chi connectivity index (χ1) is 8.49. The van der Waals surface area contributed by atoms with E-state index in [1.165, 1.54) is 5.01 Å². The minimum absolute atomic E-state index is 0.166. The average molecular weight is 268 g/mol. The second-order valence-corrected chi connectivity index (χ2v) is 4.74. The number of carbonyl (C=O) groups is 2. The normalized spacial score (nSPS) is 19.8. The zero-order valence-electron chi connectivity index (χ0n) is 10.2. The number of halogens is 1. The lowest BCUT2D eigenvalue weighted by Gasteiger charge is -2.22. The van der Waals surface area contributed by atoms with Crippen molar-refractivity contribution in [2.75, 3.05) is 19.4 Å². The summed E-state index contributed by atoms with van der Waals surface area (Å²) in [5, 5.41) is 6.31. The van der Waals surface area contributed by atoms with Gasteiger partial charge in [0.05, 0.1) is 6.42 Å². The van der Waals surface area contributed by atoms with E-state index in [9.17, 15) is 9.59 Å². The SMILES string of the molecule is CN(C)N1C(=O)C[C@H](Nc2ccc(Cl)cc2)C1=O. The topological polar surface area (TPSA) is 52.6 Å². The molecule has 2 rings (SSSR count). The van der Waals surface area contributed by atoms with Gasteiger partial charge in [0, 0.05) is 24.8 Å². The van der Waals surface area contributed by atoms with Gasteiger partial charge in [-0.05, 0) is 24.3 Å². The maximum absolute atomic E-state index is 12.0. The predicted octanol–water partition coefficient (Wildman–Crippen LogP) is 1.36. The first-order valence-electron chi connectivity index (χ1n) is 5.55. The molecular weight excluding hydrogens is 254 g/mol. The molecule has 96 valence electrons. The van der Waals surface area contributed by atoms with Gasteiger partial charge < -0.3 is 5.32 Å². The highest BCUT2D eigenvalue weighted by atomic mass is 35.5. The Morgan fingerprint density at radius 2 is 1.89 bits per heavy atom. The van der Waals surface area contributed by atoms with Crippen LogP contribution >= 0.6 is 11.6 Å². The number of hydrazine groups is 1. The van der Waals surface area contributed by atoms with Crippen molar-refractivity contribution < 1.29 is 9.59 Å². The molecule has 1 heterocycles.